The number of hydrogen-bond acceptors (Lipinski definition) is 6. The maximum Gasteiger partial charge on any atom is 0.335 e. The zero-order valence-corrected chi connectivity index (χ0v) is 20.2. The first kappa shape index (κ1) is 22.1. The van der Waals surface area contributed by atoms with Crippen molar-refractivity contribution >= 4 is 55.3 Å². The van der Waals surface area contributed by atoms with Gasteiger partial charge in [-0.05, 0) is 69.5 Å². The lowest BCUT2D eigenvalue weighted by Crippen LogP contribution is -2.22. The molecule has 0 aliphatic heterocycles. The summed E-state index contributed by atoms with van der Waals surface area (Å²) in [7, 11) is 1.55. The molecule has 5 rings (SSSR count). The van der Waals surface area contributed by atoms with Gasteiger partial charge in [-0.25, -0.2) is 14.2 Å². The van der Waals surface area contributed by atoms with Crippen LogP contribution in [0.5, 0.6) is 11.5 Å². The third-order valence-corrected chi connectivity index (χ3v) is 6.84. The maximum absolute atomic E-state index is 13.0. The standard InChI is InChI=1S/C25H17BrN2O5S/c1-32-20-11-15(10-17(26)22(20)33-13-14-6-8-16(9-7-14)24(30)31)12-21-23(29)28-19-5-3-2-4-18(19)27-25(28)34-21/h2-12H,13H2,1H3,(H,30,31)/b21-12-. The van der Waals surface area contributed by atoms with Gasteiger partial charge in [0.15, 0.2) is 16.5 Å². The molecule has 0 aliphatic rings. The van der Waals surface area contributed by atoms with Gasteiger partial charge in [-0.3, -0.25) is 4.79 Å². The number of nitrogens with zero attached hydrogens (tertiary/aromatic N) is 2. The average molecular weight is 537 g/mol. The van der Waals surface area contributed by atoms with E-state index in [1.54, 1.807) is 35.8 Å². The van der Waals surface area contributed by atoms with Crippen LogP contribution >= 0.6 is 27.3 Å². The number of para-hydroxylation sites is 2. The number of fused-ring (bicyclic) bond motifs is 3. The summed E-state index contributed by atoms with van der Waals surface area (Å²) in [5, 5.41) is 9.03. The van der Waals surface area contributed by atoms with E-state index in [1.807, 2.05) is 30.3 Å². The normalized spacial score (nSPS) is 11.9. The lowest BCUT2D eigenvalue weighted by molar-refractivity contribution is 0.0697. The number of halogens is 1. The number of benzene rings is 3. The van der Waals surface area contributed by atoms with Gasteiger partial charge in [0.1, 0.15) is 6.61 Å². The van der Waals surface area contributed by atoms with Gasteiger partial charge in [0, 0.05) is 0 Å². The molecule has 0 spiro atoms. The monoisotopic (exact) mass is 536 g/mol. The van der Waals surface area contributed by atoms with Crippen LogP contribution < -0.4 is 19.6 Å². The van der Waals surface area contributed by atoms with Crippen molar-refractivity contribution in [3.63, 3.8) is 0 Å². The number of carbonyl (C=O) groups is 1. The molecule has 0 radical (unpaired) electrons. The van der Waals surface area contributed by atoms with Crippen LogP contribution in [0.2, 0.25) is 0 Å². The molecule has 1 N–H and O–H groups in total. The van der Waals surface area contributed by atoms with Crippen LogP contribution in [0.4, 0.5) is 0 Å². The Morgan fingerprint density at radius 3 is 2.68 bits per heavy atom. The molecule has 34 heavy (non-hydrogen) atoms. The number of hydrogen-bond donors (Lipinski definition) is 1. The van der Waals surface area contributed by atoms with Crippen molar-refractivity contribution < 1.29 is 19.4 Å². The highest BCUT2D eigenvalue weighted by atomic mass is 79.9. The Bertz CT molecular complexity index is 1660. The fourth-order valence-corrected chi connectivity index (χ4v) is 5.19. The summed E-state index contributed by atoms with van der Waals surface area (Å²) < 4.78 is 14.3. The number of rotatable bonds is 6. The van der Waals surface area contributed by atoms with E-state index in [0.717, 1.165) is 22.2 Å². The van der Waals surface area contributed by atoms with E-state index in [0.29, 0.717) is 25.5 Å². The van der Waals surface area contributed by atoms with E-state index in [1.165, 1.54) is 23.5 Å². The van der Waals surface area contributed by atoms with E-state index in [9.17, 15) is 9.59 Å². The van der Waals surface area contributed by atoms with E-state index in [2.05, 4.69) is 20.9 Å². The molecule has 2 heterocycles. The molecule has 0 bridgehead atoms. The molecule has 0 atom stereocenters. The van der Waals surface area contributed by atoms with Crippen molar-refractivity contribution in [2.75, 3.05) is 7.11 Å². The van der Waals surface area contributed by atoms with Gasteiger partial charge in [0.05, 0.1) is 32.7 Å². The average Bonchev–Trinajstić information content (AvgIpc) is 3.34. The van der Waals surface area contributed by atoms with Crippen LogP contribution in [-0.2, 0) is 6.61 Å². The van der Waals surface area contributed by atoms with E-state index >= 15 is 0 Å². The van der Waals surface area contributed by atoms with Crippen molar-refractivity contribution in [3.8, 4) is 11.5 Å². The second-order valence-electron chi connectivity index (χ2n) is 7.46. The number of methoxy groups -OCH3 is 1. The van der Waals surface area contributed by atoms with Gasteiger partial charge in [-0.15, -0.1) is 0 Å². The first-order chi connectivity index (χ1) is 16.4. The van der Waals surface area contributed by atoms with Crippen LogP contribution in [0.1, 0.15) is 21.5 Å². The minimum absolute atomic E-state index is 0.117. The summed E-state index contributed by atoms with van der Waals surface area (Å²) >= 11 is 4.87. The Kier molecular flexibility index (Phi) is 5.80. The summed E-state index contributed by atoms with van der Waals surface area (Å²) in [4.78, 5) is 29.3. The summed E-state index contributed by atoms with van der Waals surface area (Å²) in [5.74, 6) is 0.0375. The van der Waals surface area contributed by atoms with Gasteiger partial charge in [0.2, 0.25) is 0 Å². The molecular weight excluding hydrogens is 520 g/mol. The summed E-state index contributed by atoms with van der Waals surface area (Å²) in [6.07, 6.45) is 1.80. The van der Waals surface area contributed by atoms with E-state index in [4.69, 9.17) is 14.6 Å². The molecular formula is C25H17BrN2O5S. The second kappa shape index (κ2) is 8.92. The van der Waals surface area contributed by atoms with Crippen molar-refractivity contribution in [1.29, 1.82) is 0 Å². The number of ether oxygens (including phenoxy) is 2. The molecule has 3 aromatic carbocycles. The van der Waals surface area contributed by atoms with Crippen molar-refractivity contribution in [2.24, 2.45) is 0 Å². The molecule has 7 nitrogen and oxygen atoms in total. The molecule has 0 saturated carbocycles. The number of aromatic nitrogens is 2. The predicted octanol–water partition coefficient (Wildman–Crippen LogP) is 4.51. The van der Waals surface area contributed by atoms with Gasteiger partial charge in [0.25, 0.3) is 5.56 Å². The van der Waals surface area contributed by atoms with Crippen LogP contribution in [0.25, 0.3) is 22.1 Å². The fourth-order valence-electron chi connectivity index (χ4n) is 3.63. The number of carboxylic acids is 1. The highest BCUT2D eigenvalue weighted by molar-refractivity contribution is 9.10. The third-order valence-electron chi connectivity index (χ3n) is 5.28. The first-order valence-corrected chi connectivity index (χ1v) is 11.8. The zero-order chi connectivity index (χ0) is 23.8. The Morgan fingerprint density at radius 1 is 1.18 bits per heavy atom. The first-order valence-electron chi connectivity index (χ1n) is 10.2. The minimum Gasteiger partial charge on any atom is -0.493 e. The molecule has 0 amide bonds. The number of carboxylic acid groups (broad SMARTS) is 1. The smallest absolute Gasteiger partial charge is 0.335 e. The SMILES string of the molecule is COc1cc(/C=c2\sc3nc4ccccc4n3c2=O)cc(Br)c1OCc1ccc(C(=O)O)cc1. The molecule has 9 heteroatoms. The minimum atomic E-state index is -0.975. The largest absolute Gasteiger partial charge is 0.493 e. The lowest BCUT2D eigenvalue weighted by Gasteiger charge is -2.13. The van der Waals surface area contributed by atoms with Crippen molar-refractivity contribution in [2.45, 2.75) is 6.61 Å². The van der Waals surface area contributed by atoms with Crippen molar-refractivity contribution in [1.82, 2.24) is 9.38 Å². The number of thiazole rings is 1. The van der Waals surface area contributed by atoms with Gasteiger partial charge in [-0.2, -0.15) is 0 Å². The van der Waals surface area contributed by atoms with Crippen LogP contribution in [0.15, 0.2) is 69.9 Å². The van der Waals surface area contributed by atoms with Crippen LogP contribution in [-0.4, -0.2) is 27.6 Å². The van der Waals surface area contributed by atoms with Crippen LogP contribution in [0, 0.1) is 0 Å². The molecule has 2 aromatic heterocycles. The Hall–Kier alpha value is -3.69. The Labute approximate surface area is 205 Å². The Morgan fingerprint density at radius 2 is 1.94 bits per heavy atom. The molecule has 0 saturated heterocycles. The fraction of sp³-hybridized carbons (Fsp3) is 0.0800. The van der Waals surface area contributed by atoms with E-state index < -0.39 is 5.97 Å². The predicted molar refractivity (Wildman–Crippen MR) is 134 cm³/mol. The molecule has 170 valence electrons. The van der Waals surface area contributed by atoms with Gasteiger partial charge < -0.3 is 14.6 Å². The molecule has 0 aliphatic carbocycles. The topological polar surface area (TPSA) is 90.1 Å². The number of aromatic carboxylic acids is 1. The number of imidazole rings is 1. The van der Waals surface area contributed by atoms with Gasteiger partial charge >= 0.3 is 5.97 Å². The zero-order valence-electron chi connectivity index (χ0n) is 17.8. The molecule has 5 aromatic rings. The summed E-state index contributed by atoms with van der Waals surface area (Å²) in [6.45, 7) is 0.234. The highest BCUT2D eigenvalue weighted by Crippen LogP contribution is 2.37. The second-order valence-corrected chi connectivity index (χ2v) is 9.32. The van der Waals surface area contributed by atoms with Crippen LogP contribution in [0.3, 0.4) is 0 Å². The highest BCUT2D eigenvalue weighted by Gasteiger charge is 2.14. The molecule has 0 unspecified atom stereocenters. The summed E-state index contributed by atoms with van der Waals surface area (Å²) in [5.41, 5.74) is 3.27. The summed E-state index contributed by atoms with van der Waals surface area (Å²) in [6, 6.07) is 17.7. The Balaban J connectivity index is 1.46. The molecule has 0 fully saturated rings. The van der Waals surface area contributed by atoms with Crippen molar-refractivity contribution in [3.05, 3.63) is 96.7 Å². The maximum atomic E-state index is 13.0. The van der Waals surface area contributed by atoms with Gasteiger partial charge in [-0.1, -0.05) is 35.6 Å². The lowest BCUT2D eigenvalue weighted by atomic mass is 10.1. The third kappa shape index (κ3) is 4.04. The van der Waals surface area contributed by atoms with E-state index in [-0.39, 0.29) is 17.7 Å². The quantitative estimate of drug-likeness (QED) is 0.343.